The van der Waals surface area contributed by atoms with Crippen LogP contribution in [0.4, 0.5) is 11.4 Å². The molecule has 9 heteroatoms. The summed E-state index contributed by atoms with van der Waals surface area (Å²) in [6, 6.07) is 24.7. The molecule has 1 aromatic heterocycles. The van der Waals surface area contributed by atoms with Crippen molar-refractivity contribution in [3.05, 3.63) is 118 Å². The Morgan fingerprint density at radius 3 is 2.37 bits per heavy atom. The molecular weight excluding hydrogens is 538 g/mol. The maximum absolute atomic E-state index is 13.2. The Balaban J connectivity index is 1.44. The van der Waals surface area contributed by atoms with E-state index < -0.39 is 11.2 Å². The van der Waals surface area contributed by atoms with Crippen LogP contribution in [0.3, 0.4) is 0 Å². The summed E-state index contributed by atoms with van der Waals surface area (Å²) in [4.78, 5) is 39.4. The van der Waals surface area contributed by atoms with E-state index in [0.29, 0.717) is 22.0 Å². The Bertz CT molecular complexity index is 1440. The first-order valence-electron chi connectivity index (χ1n) is 11.6. The van der Waals surface area contributed by atoms with Crippen molar-refractivity contribution >= 4 is 69.9 Å². The highest BCUT2D eigenvalue weighted by Gasteiger charge is 2.17. The second-order valence-corrected chi connectivity index (χ2v) is 10.8. The van der Waals surface area contributed by atoms with E-state index in [1.807, 2.05) is 35.9 Å². The number of thioether (sulfide) groups is 1. The molecule has 0 spiro atoms. The summed E-state index contributed by atoms with van der Waals surface area (Å²) in [5, 5.41) is 12.4. The predicted octanol–water partition coefficient (Wildman–Crippen LogP) is 6.93. The van der Waals surface area contributed by atoms with E-state index in [-0.39, 0.29) is 17.5 Å². The molecule has 0 aliphatic carbocycles. The first-order chi connectivity index (χ1) is 18.4. The highest BCUT2D eigenvalue weighted by Crippen LogP contribution is 2.27. The molecule has 0 radical (unpaired) electrons. The molecule has 4 rings (SSSR count). The number of anilines is 2. The lowest BCUT2D eigenvalue weighted by atomic mass is 10.2. The number of hydrogen-bond donors (Lipinski definition) is 3. The Morgan fingerprint density at radius 1 is 0.895 bits per heavy atom. The normalized spacial score (nSPS) is 11.9. The monoisotopic (exact) mass is 561 g/mol. The summed E-state index contributed by atoms with van der Waals surface area (Å²) in [6.07, 6.45) is 1.63. The topological polar surface area (TPSA) is 87.3 Å². The molecule has 1 atom stereocenters. The summed E-state index contributed by atoms with van der Waals surface area (Å²) in [5.74, 6) is -1.00. The Morgan fingerprint density at radius 2 is 1.66 bits per heavy atom. The Hall–Kier alpha value is -3.85. The number of halogens is 1. The van der Waals surface area contributed by atoms with Gasteiger partial charge in [-0.3, -0.25) is 14.4 Å². The van der Waals surface area contributed by atoms with Gasteiger partial charge >= 0.3 is 0 Å². The second kappa shape index (κ2) is 13.1. The highest BCUT2D eigenvalue weighted by atomic mass is 35.5. The number of carbonyl (C=O) groups excluding carboxylic acids is 3. The zero-order valence-electron chi connectivity index (χ0n) is 20.3. The third kappa shape index (κ3) is 7.82. The van der Waals surface area contributed by atoms with Crippen LogP contribution in [0.25, 0.3) is 6.08 Å². The number of hydrogen-bond acceptors (Lipinski definition) is 5. The van der Waals surface area contributed by atoms with Gasteiger partial charge in [-0.25, -0.2) is 0 Å². The number of nitrogens with one attached hydrogen (secondary N) is 3. The molecule has 0 bridgehead atoms. The average molecular weight is 562 g/mol. The van der Waals surface area contributed by atoms with Crippen molar-refractivity contribution < 1.29 is 14.4 Å². The van der Waals surface area contributed by atoms with E-state index in [4.69, 9.17) is 11.6 Å². The van der Waals surface area contributed by atoms with Crippen molar-refractivity contribution in [2.24, 2.45) is 0 Å². The molecule has 3 N–H and O–H groups in total. The van der Waals surface area contributed by atoms with Gasteiger partial charge in [0.1, 0.15) is 5.70 Å². The number of rotatable bonds is 9. The number of carbonyl (C=O) groups is 3. The number of amides is 3. The maximum atomic E-state index is 13.2. The van der Waals surface area contributed by atoms with Gasteiger partial charge in [-0.2, -0.15) is 11.3 Å². The molecule has 6 nitrogen and oxygen atoms in total. The molecule has 3 aromatic carbocycles. The molecule has 0 fully saturated rings. The van der Waals surface area contributed by atoms with E-state index in [1.54, 1.807) is 72.8 Å². The molecule has 1 unspecified atom stereocenters. The van der Waals surface area contributed by atoms with Gasteiger partial charge in [0.05, 0.1) is 5.25 Å². The number of benzene rings is 3. The van der Waals surface area contributed by atoms with Crippen LogP contribution in [0.1, 0.15) is 22.8 Å². The smallest absolute Gasteiger partial charge is 0.272 e. The fourth-order valence-electron chi connectivity index (χ4n) is 3.35. The van der Waals surface area contributed by atoms with Crippen molar-refractivity contribution in [1.82, 2.24) is 5.32 Å². The summed E-state index contributed by atoms with van der Waals surface area (Å²) in [5.41, 5.74) is 2.57. The average Bonchev–Trinajstić information content (AvgIpc) is 3.43. The van der Waals surface area contributed by atoms with Gasteiger partial charge in [0.25, 0.3) is 11.8 Å². The lowest BCUT2D eigenvalue weighted by molar-refractivity contribution is -0.115. The summed E-state index contributed by atoms with van der Waals surface area (Å²) in [6.45, 7) is 1.81. The van der Waals surface area contributed by atoms with Gasteiger partial charge in [0, 0.05) is 26.9 Å². The van der Waals surface area contributed by atoms with E-state index in [9.17, 15) is 14.4 Å². The van der Waals surface area contributed by atoms with Gasteiger partial charge in [-0.05, 0) is 90.0 Å². The molecule has 192 valence electrons. The second-order valence-electron chi connectivity index (χ2n) is 8.17. The minimum atomic E-state index is -0.462. The predicted molar refractivity (Wildman–Crippen MR) is 157 cm³/mol. The van der Waals surface area contributed by atoms with Crippen LogP contribution in [-0.4, -0.2) is 23.0 Å². The third-order valence-electron chi connectivity index (χ3n) is 5.27. The standard InChI is InChI=1S/C29H24ClN3O3S2/c1-19(27(34)31-23-12-10-22(30)11-13-23)38-25-9-5-8-24(17-25)32-29(36)26(16-20-14-15-37-18-20)33-28(35)21-6-3-2-4-7-21/h2-19H,1H3,(H,31,34)(H,32,36)(H,33,35)/b26-16-. The molecule has 0 aliphatic rings. The lowest BCUT2D eigenvalue weighted by Gasteiger charge is -2.14. The molecule has 4 aromatic rings. The summed E-state index contributed by atoms with van der Waals surface area (Å²) in [7, 11) is 0. The fourth-order valence-corrected chi connectivity index (χ4v) is 5.02. The van der Waals surface area contributed by atoms with Crippen LogP contribution >= 0.6 is 34.7 Å². The van der Waals surface area contributed by atoms with E-state index in [0.717, 1.165) is 10.5 Å². The van der Waals surface area contributed by atoms with Crippen LogP contribution in [-0.2, 0) is 9.59 Å². The molecule has 38 heavy (non-hydrogen) atoms. The van der Waals surface area contributed by atoms with Crippen molar-refractivity contribution in [3.8, 4) is 0 Å². The van der Waals surface area contributed by atoms with Crippen molar-refractivity contribution in [2.75, 3.05) is 10.6 Å². The highest BCUT2D eigenvalue weighted by molar-refractivity contribution is 8.00. The molecule has 1 heterocycles. The zero-order chi connectivity index (χ0) is 26.9. The summed E-state index contributed by atoms with van der Waals surface area (Å²) < 4.78 is 0. The lowest BCUT2D eigenvalue weighted by Crippen LogP contribution is -2.30. The van der Waals surface area contributed by atoms with Gasteiger partial charge in [-0.1, -0.05) is 35.9 Å². The first-order valence-corrected chi connectivity index (χ1v) is 13.8. The fraction of sp³-hybridized carbons (Fsp3) is 0.0690. The van der Waals surface area contributed by atoms with Crippen LogP contribution in [0.2, 0.25) is 5.02 Å². The largest absolute Gasteiger partial charge is 0.325 e. The minimum absolute atomic E-state index is 0.117. The first kappa shape index (κ1) is 27.2. The zero-order valence-corrected chi connectivity index (χ0v) is 22.7. The van der Waals surface area contributed by atoms with E-state index >= 15 is 0 Å². The minimum Gasteiger partial charge on any atom is -0.325 e. The van der Waals surface area contributed by atoms with Crippen LogP contribution in [0.5, 0.6) is 0 Å². The number of thiophene rings is 1. The van der Waals surface area contributed by atoms with Gasteiger partial charge in [0.2, 0.25) is 5.91 Å². The van der Waals surface area contributed by atoms with Crippen LogP contribution < -0.4 is 16.0 Å². The van der Waals surface area contributed by atoms with Crippen LogP contribution in [0, 0.1) is 0 Å². The van der Waals surface area contributed by atoms with Crippen molar-refractivity contribution in [1.29, 1.82) is 0 Å². The Kier molecular flexibility index (Phi) is 9.37. The molecule has 0 saturated heterocycles. The molecule has 0 saturated carbocycles. The van der Waals surface area contributed by atoms with E-state index in [2.05, 4.69) is 16.0 Å². The quantitative estimate of drug-likeness (QED) is 0.153. The molecule has 3 amide bonds. The SMILES string of the molecule is CC(Sc1cccc(NC(=O)/C(=C/c2ccsc2)NC(=O)c2ccccc2)c1)C(=O)Nc1ccc(Cl)cc1. The van der Waals surface area contributed by atoms with Crippen LogP contribution in [0.15, 0.2) is 106 Å². The Labute approximate surface area is 234 Å². The maximum Gasteiger partial charge on any atom is 0.272 e. The van der Waals surface area contributed by atoms with Crippen molar-refractivity contribution in [3.63, 3.8) is 0 Å². The van der Waals surface area contributed by atoms with Gasteiger partial charge < -0.3 is 16.0 Å². The van der Waals surface area contributed by atoms with Gasteiger partial charge in [-0.15, -0.1) is 11.8 Å². The molecule has 0 aliphatic heterocycles. The van der Waals surface area contributed by atoms with Gasteiger partial charge in [0.15, 0.2) is 0 Å². The molecular formula is C29H24ClN3O3S2. The summed E-state index contributed by atoms with van der Waals surface area (Å²) >= 11 is 8.76. The van der Waals surface area contributed by atoms with Crippen molar-refractivity contribution in [2.45, 2.75) is 17.1 Å². The van der Waals surface area contributed by atoms with E-state index in [1.165, 1.54) is 23.1 Å². The third-order valence-corrected chi connectivity index (χ3v) is 7.32.